The third-order valence-electron chi connectivity index (χ3n) is 4.22. The van der Waals surface area contributed by atoms with Crippen LogP contribution in [0.5, 0.6) is 5.88 Å². The van der Waals surface area contributed by atoms with Gasteiger partial charge in [0.15, 0.2) is 0 Å². The minimum atomic E-state index is -1.96. The predicted molar refractivity (Wildman–Crippen MR) is 96.8 cm³/mol. The number of rotatable bonds is 4. The molecular formula is C16H22N2O3SSi. The molecule has 0 amide bonds. The Morgan fingerprint density at radius 3 is 2.52 bits per heavy atom. The molecule has 2 aromatic rings. The molecule has 124 valence electrons. The van der Waals surface area contributed by atoms with Crippen LogP contribution in [0.1, 0.15) is 25.6 Å². The number of aryl methyl sites for hydroxylation is 1. The van der Waals surface area contributed by atoms with E-state index in [4.69, 9.17) is 4.43 Å². The van der Waals surface area contributed by atoms with Crippen LogP contribution in [0.2, 0.25) is 18.1 Å². The predicted octanol–water partition coefficient (Wildman–Crippen LogP) is 5.41. The molecule has 0 fully saturated rings. The normalized spacial score (nSPS) is 12.3. The SMILES string of the molecule is Cc1sc(-c2cccc([N+](=O)[O-])c2)nc1O[Si](C)(C)C(C)(C)C. The number of nitrogens with zero attached hydrogens (tertiary/aromatic N) is 2. The smallest absolute Gasteiger partial charge is 0.270 e. The van der Waals surface area contributed by atoms with Crippen molar-refractivity contribution in [1.29, 1.82) is 0 Å². The summed E-state index contributed by atoms with van der Waals surface area (Å²) in [5.74, 6) is 0.656. The van der Waals surface area contributed by atoms with Crippen LogP contribution < -0.4 is 4.43 Å². The Bertz CT molecular complexity index is 735. The fourth-order valence-electron chi connectivity index (χ4n) is 1.75. The topological polar surface area (TPSA) is 65.3 Å². The molecule has 23 heavy (non-hydrogen) atoms. The van der Waals surface area contributed by atoms with Gasteiger partial charge in [0.2, 0.25) is 5.88 Å². The number of benzene rings is 1. The van der Waals surface area contributed by atoms with E-state index in [9.17, 15) is 10.1 Å². The average Bonchev–Trinajstić information content (AvgIpc) is 2.78. The molecule has 0 saturated carbocycles. The molecule has 0 spiro atoms. The van der Waals surface area contributed by atoms with Gasteiger partial charge in [-0.05, 0) is 25.1 Å². The minimum Gasteiger partial charge on any atom is -0.530 e. The molecule has 1 aromatic heterocycles. The van der Waals surface area contributed by atoms with Crippen molar-refractivity contribution in [3.8, 4) is 16.5 Å². The van der Waals surface area contributed by atoms with E-state index in [1.54, 1.807) is 12.1 Å². The van der Waals surface area contributed by atoms with Gasteiger partial charge in [0.25, 0.3) is 14.0 Å². The molecule has 0 saturated heterocycles. The summed E-state index contributed by atoms with van der Waals surface area (Å²) >= 11 is 1.50. The van der Waals surface area contributed by atoms with E-state index in [-0.39, 0.29) is 10.7 Å². The van der Waals surface area contributed by atoms with Crippen LogP contribution in [-0.2, 0) is 0 Å². The number of aromatic nitrogens is 1. The highest BCUT2D eigenvalue weighted by Crippen LogP contribution is 2.40. The van der Waals surface area contributed by atoms with Crippen LogP contribution in [0.4, 0.5) is 5.69 Å². The standard InChI is InChI=1S/C16H22N2O3SSi/c1-11-14(21-23(5,6)16(2,3)4)17-15(22-11)12-8-7-9-13(10-12)18(19)20/h7-10H,1-6H3. The van der Waals surface area contributed by atoms with E-state index in [1.165, 1.54) is 17.4 Å². The summed E-state index contributed by atoms with van der Waals surface area (Å²) in [6.07, 6.45) is 0. The van der Waals surface area contributed by atoms with Gasteiger partial charge in [0.1, 0.15) is 5.01 Å². The lowest BCUT2D eigenvalue weighted by molar-refractivity contribution is -0.384. The molecule has 0 N–H and O–H groups in total. The zero-order chi connectivity index (χ0) is 17.4. The Balaban J connectivity index is 2.35. The number of nitro benzene ring substituents is 1. The second-order valence-electron chi connectivity index (χ2n) is 7.05. The van der Waals surface area contributed by atoms with Gasteiger partial charge in [-0.1, -0.05) is 32.9 Å². The summed E-state index contributed by atoms with van der Waals surface area (Å²) in [7, 11) is -1.96. The van der Waals surface area contributed by atoms with Crippen molar-refractivity contribution in [2.24, 2.45) is 0 Å². The minimum absolute atomic E-state index is 0.0715. The summed E-state index contributed by atoms with van der Waals surface area (Å²) in [6.45, 7) is 12.9. The monoisotopic (exact) mass is 350 g/mol. The molecule has 0 unspecified atom stereocenters. The highest BCUT2D eigenvalue weighted by atomic mass is 32.1. The van der Waals surface area contributed by atoms with E-state index >= 15 is 0 Å². The highest BCUT2D eigenvalue weighted by molar-refractivity contribution is 7.15. The molecule has 0 aliphatic rings. The maximum Gasteiger partial charge on any atom is 0.270 e. The lowest BCUT2D eigenvalue weighted by Gasteiger charge is -2.35. The quantitative estimate of drug-likeness (QED) is 0.420. The van der Waals surface area contributed by atoms with E-state index < -0.39 is 13.2 Å². The van der Waals surface area contributed by atoms with Crippen molar-refractivity contribution in [2.75, 3.05) is 0 Å². The van der Waals surface area contributed by atoms with Gasteiger partial charge >= 0.3 is 0 Å². The van der Waals surface area contributed by atoms with E-state index in [1.807, 2.05) is 13.0 Å². The molecule has 0 aliphatic heterocycles. The second kappa shape index (κ2) is 6.05. The van der Waals surface area contributed by atoms with Crippen LogP contribution in [0.3, 0.4) is 0 Å². The first-order chi connectivity index (χ1) is 10.5. The molecule has 1 aromatic carbocycles. The largest absolute Gasteiger partial charge is 0.530 e. The highest BCUT2D eigenvalue weighted by Gasteiger charge is 2.40. The Kier molecular flexibility index (Phi) is 4.63. The molecule has 5 nitrogen and oxygen atoms in total. The van der Waals surface area contributed by atoms with Gasteiger partial charge in [-0.2, -0.15) is 0 Å². The van der Waals surface area contributed by atoms with E-state index in [2.05, 4.69) is 38.8 Å². The lowest BCUT2D eigenvalue weighted by Crippen LogP contribution is -2.44. The fourth-order valence-corrected chi connectivity index (χ4v) is 3.65. The van der Waals surface area contributed by atoms with Gasteiger partial charge < -0.3 is 4.43 Å². The third kappa shape index (κ3) is 3.79. The summed E-state index contributed by atoms with van der Waals surface area (Å²) in [6, 6.07) is 6.55. The summed E-state index contributed by atoms with van der Waals surface area (Å²) < 4.78 is 6.28. The zero-order valence-electron chi connectivity index (χ0n) is 14.3. The van der Waals surface area contributed by atoms with E-state index in [0.29, 0.717) is 5.88 Å². The van der Waals surface area contributed by atoms with Crippen LogP contribution in [0.25, 0.3) is 10.6 Å². The molecule has 0 bridgehead atoms. The van der Waals surface area contributed by atoms with Crippen molar-refractivity contribution < 1.29 is 9.35 Å². The van der Waals surface area contributed by atoms with Crippen LogP contribution in [0, 0.1) is 17.0 Å². The number of hydrogen-bond donors (Lipinski definition) is 0. The zero-order valence-corrected chi connectivity index (χ0v) is 16.2. The van der Waals surface area contributed by atoms with Crippen LogP contribution in [0.15, 0.2) is 24.3 Å². The van der Waals surface area contributed by atoms with Gasteiger partial charge in [0, 0.05) is 17.7 Å². The first-order valence-corrected chi connectivity index (χ1v) is 11.1. The second-order valence-corrected chi connectivity index (χ2v) is 13.0. The summed E-state index contributed by atoms with van der Waals surface area (Å²) in [5, 5.41) is 11.8. The van der Waals surface area contributed by atoms with Crippen molar-refractivity contribution in [2.45, 2.75) is 45.8 Å². The van der Waals surface area contributed by atoms with Gasteiger partial charge in [-0.15, -0.1) is 11.3 Å². The average molecular weight is 351 g/mol. The molecule has 2 rings (SSSR count). The van der Waals surface area contributed by atoms with Crippen molar-refractivity contribution in [1.82, 2.24) is 4.98 Å². The lowest BCUT2D eigenvalue weighted by atomic mass is 10.2. The first-order valence-electron chi connectivity index (χ1n) is 7.42. The maximum absolute atomic E-state index is 10.9. The molecule has 0 atom stereocenters. The van der Waals surface area contributed by atoms with Crippen molar-refractivity contribution in [3.63, 3.8) is 0 Å². The number of thiazole rings is 1. The Labute approximate surface area is 141 Å². The first kappa shape index (κ1) is 17.6. The Hall–Kier alpha value is -1.73. The fraction of sp³-hybridized carbons (Fsp3) is 0.438. The maximum atomic E-state index is 10.9. The molecular weight excluding hydrogens is 328 g/mol. The molecule has 7 heteroatoms. The number of non-ortho nitro benzene ring substituents is 1. The van der Waals surface area contributed by atoms with E-state index in [0.717, 1.165) is 15.4 Å². The summed E-state index contributed by atoms with van der Waals surface area (Å²) in [4.78, 5) is 16.1. The molecule has 1 heterocycles. The molecule has 0 aliphatic carbocycles. The number of nitro groups is 1. The van der Waals surface area contributed by atoms with Crippen LogP contribution >= 0.6 is 11.3 Å². The third-order valence-corrected chi connectivity index (χ3v) is 9.53. The number of hydrogen-bond acceptors (Lipinski definition) is 5. The van der Waals surface area contributed by atoms with Crippen molar-refractivity contribution in [3.05, 3.63) is 39.3 Å². The van der Waals surface area contributed by atoms with Crippen LogP contribution in [-0.4, -0.2) is 18.2 Å². The Morgan fingerprint density at radius 1 is 1.30 bits per heavy atom. The Morgan fingerprint density at radius 2 is 1.96 bits per heavy atom. The van der Waals surface area contributed by atoms with Crippen molar-refractivity contribution >= 4 is 25.3 Å². The summed E-state index contributed by atoms with van der Waals surface area (Å²) in [5.41, 5.74) is 0.819. The van der Waals surface area contributed by atoms with Gasteiger partial charge in [0.05, 0.1) is 9.80 Å². The van der Waals surface area contributed by atoms with Gasteiger partial charge in [-0.3, -0.25) is 10.1 Å². The molecule has 0 radical (unpaired) electrons. The van der Waals surface area contributed by atoms with Gasteiger partial charge in [-0.25, -0.2) is 4.98 Å².